The van der Waals surface area contributed by atoms with Crippen LogP contribution >= 0.6 is 0 Å². The van der Waals surface area contributed by atoms with E-state index in [4.69, 9.17) is 10.00 Å². The smallest absolute Gasteiger partial charge is 0.228 e. The van der Waals surface area contributed by atoms with E-state index in [0.29, 0.717) is 40.2 Å². The maximum atomic E-state index is 13.7. The summed E-state index contributed by atoms with van der Waals surface area (Å²) < 4.78 is 19.9. The van der Waals surface area contributed by atoms with Crippen molar-refractivity contribution in [2.75, 3.05) is 5.32 Å². The van der Waals surface area contributed by atoms with Gasteiger partial charge in [-0.3, -0.25) is 9.78 Å². The van der Waals surface area contributed by atoms with Crippen LogP contribution in [0.1, 0.15) is 25.5 Å². The second-order valence-electron chi connectivity index (χ2n) is 8.26. The molecule has 0 aliphatic heterocycles. The summed E-state index contributed by atoms with van der Waals surface area (Å²) in [7, 11) is 0. The SMILES string of the molecule is CC(C(=O)Nc1cnc(C#N)cn1)[C@H]1[C@@H]2C[C@@H](Oc3ccnc4ccc(F)cc34)C[C@@H]21. The van der Waals surface area contributed by atoms with E-state index < -0.39 is 0 Å². The molecule has 1 amide bonds. The van der Waals surface area contributed by atoms with E-state index in [1.807, 2.05) is 13.0 Å². The van der Waals surface area contributed by atoms with Crippen LogP contribution < -0.4 is 10.1 Å². The van der Waals surface area contributed by atoms with Gasteiger partial charge in [0, 0.05) is 17.5 Å². The van der Waals surface area contributed by atoms with E-state index >= 15 is 0 Å². The second-order valence-corrected chi connectivity index (χ2v) is 8.26. The Kier molecular flexibility index (Phi) is 4.74. The topological polar surface area (TPSA) is 101 Å². The molecule has 1 aromatic carbocycles. The molecule has 1 unspecified atom stereocenters. The summed E-state index contributed by atoms with van der Waals surface area (Å²) in [6, 6.07) is 8.17. The molecule has 2 aliphatic rings. The van der Waals surface area contributed by atoms with Crippen molar-refractivity contribution in [2.45, 2.75) is 25.9 Å². The largest absolute Gasteiger partial charge is 0.490 e. The van der Waals surface area contributed by atoms with E-state index in [0.717, 1.165) is 12.8 Å². The van der Waals surface area contributed by atoms with Gasteiger partial charge in [0.2, 0.25) is 5.91 Å². The highest BCUT2D eigenvalue weighted by Crippen LogP contribution is 2.61. The lowest BCUT2D eigenvalue weighted by Gasteiger charge is -2.20. The van der Waals surface area contributed by atoms with E-state index in [2.05, 4.69) is 20.3 Å². The Balaban J connectivity index is 1.19. The number of carbonyl (C=O) groups is 1. The summed E-state index contributed by atoms with van der Waals surface area (Å²) in [5, 5.41) is 12.2. The van der Waals surface area contributed by atoms with Crippen LogP contribution in [0.3, 0.4) is 0 Å². The number of pyridine rings is 1. The molecule has 0 bridgehead atoms. The van der Waals surface area contributed by atoms with Crippen molar-refractivity contribution in [3.63, 3.8) is 0 Å². The van der Waals surface area contributed by atoms with Gasteiger partial charge in [0.1, 0.15) is 17.6 Å². The molecule has 0 radical (unpaired) electrons. The van der Waals surface area contributed by atoms with Gasteiger partial charge in [0.15, 0.2) is 11.5 Å². The van der Waals surface area contributed by atoms with E-state index in [-0.39, 0.29) is 29.4 Å². The summed E-state index contributed by atoms with van der Waals surface area (Å²) in [5.41, 5.74) is 0.912. The minimum absolute atomic E-state index is 0.0553. The van der Waals surface area contributed by atoms with Crippen molar-refractivity contribution in [1.29, 1.82) is 5.26 Å². The van der Waals surface area contributed by atoms with Gasteiger partial charge >= 0.3 is 0 Å². The average Bonchev–Trinajstić information content (AvgIpc) is 3.28. The zero-order valence-corrected chi connectivity index (χ0v) is 16.8. The highest BCUT2D eigenvalue weighted by molar-refractivity contribution is 5.91. The van der Waals surface area contributed by atoms with Crippen LogP contribution in [-0.4, -0.2) is 27.0 Å². The Hall–Kier alpha value is -3.60. The number of benzene rings is 1. The number of halogens is 1. The third-order valence-corrected chi connectivity index (χ3v) is 6.43. The van der Waals surface area contributed by atoms with Gasteiger partial charge in [0.05, 0.1) is 24.0 Å². The molecule has 7 nitrogen and oxygen atoms in total. The Bertz CT molecular complexity index is 1180. The molecular formula is C23H20FN5O2. The monoisotopic (exact) mass is 417 g/mol. The first kappa shape index (κ1) is 19.4. The number of hydrogen-bond acceptors (Lipinski definition) is 6. The molecule has 31 heavy (non-hydrogen) atoms. The van der Waals surface area contributed by atoms with Crippen molar-refractivity contribution in [3.05, 3.63) is 54.4 Å². The number of nitrogens with zero attached hydrogens (tertiary/aromatic N) is 4. The third kappa shape index (κ3) is 3.67. The molecule has 2 heterocycles. The standard InChI is InChI=1S/C23H20FN5O2/c1-12(23(30)29-21-11-27-14(9-25)10-28-21)22-16-7-15(8-17(16)22)31-20-4-5-26-19-3-2-13(24)6-18(19)20/h2-6,10-12,15-17,22H,7-8H2,1H3,(H,28,29,30)/t12?,15-,16-,17+,22+. The summed E-state index contributed by atoms with van der Waals surface area (Å²) in [5.74, 6) is 1.66. The molecule has 5 rings (SSSR count). The minimum atomic E-state index is -0.313. The van der Waals surface area contributed by atoms with Gasteiger partial charge in [-0.25, -0.2) is 14.4 Å². The second kappa shape index (κ2) is 7.58. The summed E-state index contributed by atoms with van der Waals surface area (Å²) >= 11 is 0. The summed E-state index contributed by atoms with van der Waals surface area (Å²) in [6.07, 6.45) is 6.21. The number of nitriles is 1. The number of hydrogen-bond donors (Lipinski definition) is 1. The molecule has 0 saturated heterocycles. The number of fused-ring (bicyclic) bond motifs is 2. The fraction of sp³-hybridized carbons (Fsp3) is 0.348. The number of anilines is 1. The zero-order chi connectivity index (χ0) is 21.5. The van der Waals surface area contributed by atoms with Crippen molar-refractivity contribution < 1.29 is 13.9 Å². The quantitative estimate of drug-likeness (QED) is 0.679. The van der Waals surface area contributed by atoms with Crippen LogP contribution in [-0.2, 0) is 4.79 Å². The van der Waals surface area contributed by atoms with Gasteiger partial charge in [-0.2, -0.15) is 5.26 Å². The average molecular weight is 417 g/mol. The maximum absolute atomic E-state index is 13.7. The minimum Gasteiger partial charge on any atom is -0.490 e. The number of ether oxygens (including phenoxy) is 1. The number of rotatable bonds is 5. The lowest BCUT2D eigenvalue weighted by Crippen LogP contribution is -2.26. The molecule has 2 fully saturated rings. The van der Waals surface area contributed by atoms with Gasteiger partial charge in [-0.15, -0.1) is 0 Å². The number of aromatic nitrogens is 3. The zero-order valence-electron chi connectivity index (χ0n) is 16.8. The van der Waals surface area contributed by atoms with Crippen LogP contribution in [0.5, 0.6) is 5.75 Å². The molecule has 2 saturated carbocycles. The van der Waals surface area contributed by atoms with Crippen LogP contribution in [0.2, 0.25) is 0 Å². The fourth-order valence-electron chi connectivity index (χ4n) is 4.92. The van der Waals surface area contributed by atoms with Crippen LogP contribution in [0, 0.1) is 40.8 Å². The predicted molar refractivity (Wildman–Crippen MR) is 110 cm³/mol. The molecule has 2 aliphatic carbocycles. The first-order valence-corrected chi connectivity index (χ1v) is 10.3. The third-order valence-electron chi connectivity index (χ3n) is 6.43. The molecule has 156 valence electrons. The predicted octanol–water partition coefficient (Wildman–Crippen LogP) is 3.71. The van der Waals surface area contributed by atoms with Crippen LogP contribution in [0.15, 0.2) is 42.9 Å². The Morgan fingerprint density at radius 2 is 2.03 bits per heavy atom. The van der Waals surface area contributed by atoms with E-state index in [1.54, 1.807) is 18.3 Å². The first-order chi connectivity index (χ1) is 15.0. The number of nitrogens with one attached hydrogen (secondary N) is 1. The maximum Gasteiger partial charge on any atom is 0.228 e. The summed E-state index contributed by atoms with van der Waals surface area (Å²) in [6.45, 7) is 1.93. The molecule has 1 N–H and O–H groups in total. The lowest BCUT2D eigenvalue weighted by atomic mass is 9.97. The molecule has 8 heteroatoms. The summed E-state index contributed by atoms with van der Waals surface area (Å²) in [4.78, 5) is 24.8. The van der Waals surface area contributed by atoms with Gasteiger partial charge in [-0.1, -0.05) is 6.92 Å². The molecule has 0 spiro atoms. The van der Waals surface area contributed by atoms with Gasteiger partial charge in [-0.05, 0) is 54.9 Å². The van der Waals surface area contributed by atoms with Crippen molar-refractivity contribution >= 4 is 22.6 Å². The number of amides is 1. The van der Waals surface area contributed by atoms with Crippen LogP contribution in [0.25, 0.3) is 10.9 Å². The molecule has 5 atom stereocenters. The van der Waals surface area contributed by atoms with E-state index in [9.17, 15) is 9.18 Å². The Morgan fingerprint density at radius 1 is 1.23 bits per heavy atom. The van der Waals surface area contributed by atoms with Crippen molar-refractivity contribution in [3.8, 4) is 11.8 Å². The highest BCUT2D eigenvalue weighted by Gasteiger charge is 2.59. The normalized spacial score (nSPS) is 24.8. The van der Waals surface area contributed by atoms with Crippen LogP contribution in [0.4, 0.5) is 10.2 Å². The van der Waals surface area contributed by atoms with Gasteiger partial charge in [0.25, 0.3) is 0 Å². The fourth-order valence-corrected chi connectivity index (χ4v) is 4.92. The van der Waals surface area contributed by atoms with E-state index in [1.165, 1.54) is 24.5 Å². The Labute approximate surface area is 178 Å². The van der Waals surface area contributed by atoms with Crippen molar-refractivity contribution in [2.24, 2.45) is 23.7 Å². The van der Waals surface area contributed by atoms with Gasteiger partial charge < -0.3 is 10.1 Å². The molecular weight excluding hydrogens is 397 g/mol. The highest BCUT2D eigenvalue weighted by atomic mass is 19.1. The molecule has 3 aromatic rings. The number of carbonyl (C=O) groups excluding carboxylic acids is 1. The Morgan fingerprint density at radius 3 is 2.74 bits per heavy atom. The van der Waals surface area contributed by atoms with Crippen molar-refractivity contribution in [1.82, 2.24) is 15.0 Å². The molecule has 2 aromatic heterocycles. The lowest BCUT2D eigenvalue weighted by molar-refractivity contribution is -0.120. The first-order valence-electron chi connectivity index (χ1n) is 10.3.